The summed E-state index contributed by atoms with van der Waals surface area (Å²) in [5, 5.41) is 0. The van der Waals surface area contributed by atoms with Crippen molar-refractivity contribution in [2.75, 3.05) is 32.7 Å². The van der Waals surface area contributed by atoms with Gasteiger partial charge in [0.25, 0.3) is 0 Å². The van der Waals surface area contributed by atoms with Crippen LogP contribution in [-0.4, -0.2) is 52.0 Å². The van der Waals surface area contributed by atoms with Crippen LogP contribution in [0.5, 0.6) is 0 Å². The summed E-state index contributed by atoms with van der Waals surface area (Å²) in [4.78, 5) is 12.3. The molecule has 0 saturated carbocycles. The Bertz CT molecular complexity index is 307. The van der Waals surface area contributed by atoms with E-state index in [0.717, 1.165) is 0 Å². The Balaban J connectivity index is 3.93. The summed E-state index contributed by atoms with van der Waals surface area (Å²) >= 11 is 0. The highest BCUT2D eigenvalue weighted by molar-refractivity contribution is 7.90. The summed E-state index contributed by atoms with van der Waals surface area (Å²) in [5.74, 6) is -0.397. The van der Waals surface area contributed by atoms with Crippen LogP contribution in [0.15, 0.2) is 12.3 Å². The minimum atomic E-state index is -2.96. The number of ether oxygens (including phenoxy) is 1. The lowest BCUT2D eigenvalue weighted by molar-refractivity contribution is -0.134. The molecule has 0 unspecified atom stereocenters. The van der Waals surface area contributed by atoms with Crippen molar-refractivity contribution < 1.29 is 17.9 Å². The molecule has 82 valence electrons. The maximum Gasteiger partial charge on any atom is 0.331 e. The van der Waals surface area contributed by atoms with E-state index in [1.807, 2.05) is 0 Å². The molecule has 0 aliphatic rings. The van der Waals surface area contributed by atoms with Gasteiger partial charge in [-0.1, -0.05) is 0 Å². The third-order valence-electron chi connectivity index (χ3n) is 1.48. The molecular weight excluding hydrogens is 206 g/mol. The van der Waals surface area contributed by atoms with E-state index in [1.165, 1.54) is 25.6 Å². The van der Waals surface area contributed by atoms with Gasteiger partial charge >= 0.3 is 5.97 Å². The van der Waals surface area contributed by atoms with E-state index in [-0.39, 0.29) is 5.75 Å². The highest BCUT2D eigenvalue weighted by Crippen LogP contribution is 1.89. The Morgan fingerprint density at radius 3 is 2.50 bits per heavy atom. The standard InChI is InChI=1S/C8H15NO4S/c1-9(5-4-8(10)13-2)6-7-14(3,11)12/h4-5H,6-7H2,1-3H3. The van der Waals surface area contributed by atoms with E-state index in [9.17, 15) is 13.2 Å². The molecule has 0 fully saturated rings. The van der Waals surface area contributed by atoms with Crippen molar-refractivity contribution in [1.82, 2.24) is 4.90 Å². The fraction of sp³-hybridized carbons (Fsp3) is 0.625. The van der Waals surface area contributed by atoms with E-state index in [4.69, 9.17) is 0 Å². The van der Waals surface area contributed by atoms with Crippen molar-refractivity contribution in [2.24, 2.45) is 0 Å². The monoisotopic (exact) mass is 221 g/mol. The minimum absolute atomic E-state index is 0.0645. The number of hydrogen-bond donors (Lipinski definition) is 0. The van der Waals surface area contributed by atoms with Gasteiger partial charge in [-0.25, -0.2) is 13.2 Å². The van der Waals surface area contributed by atoms with Crippen LogP contribution in [0.1, 0.15) is 0 Å². The first-order valence-electron chi connectivity index (χ1n) is 3.99. The van der Waals surface area contributed by atoms with Gasteiger partial charge in [-0.2, -0.15) is 0 Å². The quantitative estimate of drug-likeness (QED) is 0.469. The van der Waals surface area contributed by atoms with Gasteiger partial charge in [0.05, 0.1) is 12.9 Å². The first-order valence-corrected chi connectivity index (χ1v) is 6.05. The van der Waals surface area contributed by atoms with Gasteiger partial charge in [0.1, 0.15) is 9.84 Å². The third kappa shape index (κ3) is 7.60. The van der Waals surface area contributed by atoms with Crippen molar-refractivity contribution in [2.45, 2.75) is 0 Å². The highest BCUT2D eigenvalue weighted by atomic mass is 32.2. The number of hydrogen-bond acceptors (Lipinski definition) is 5. The van der Waals surface area contributed by atoms with Crippen molar-refractivity contribution in [3.8, 4) is 0 Å². The van der Waals surface area contributed by atoms with Crippen LogP contribution in [-0.2, 0) is 19.4 Å². The molecule has 0 aromatic carbocycles. The van der Waals surface area contributed by atoms with Gasteiger partial charge in [-0.05, 0) is 0 Å². The zero-order chi connectivity index (χ0) is 11.2. The van der Waals surface area contributed by atoms with E-state index in [1.54, 1.807) is 11.9 Å². The normalized spacial score (nSPS) is 11.6. The molecule has 0 aliphatic carbocycles. The van der Waals surface area contributed by atoms with E-state index < -0.39 is 15.8 Å². The van der Waals surface area contributed by atoms with Crippen molar-refractivity contribution in [3.05, 3.63) is 12.3 Å². The largest absolute Gasteiger partial charge is 0.466 e. The molecule has 0 saturated heterocycles. The number of rotatable bonds is 5. The first-order chi connectivity index (χ1) is 6.35. The number of esters is 1. The van der Waals surface area contributed by atoms with Gasteiger partial charge in [-0.3, -0.25) is 0 Å². The third-order valence-corrected chi connectivity index (χ3v) is 2.41. The lowest BCUT2D eigenvalue weighted by atomic mass is 10.5. The second-order valence-corrected chi connectivity index (χ2v) is 5.21. The fourth-order valence-corrected chi connectivity index (χ4v) is 1.26. The Kier molecular flexibility index (Phi) is 5.22. The van der Waals surface area contributed by atoms with E-state index in [0.29, 0.717) is 6.54 Å². The van der Waals surface area contributed by atoms with Gasteiger partial charge < -0.3 is 9.64 Å². The summed E-state index contributed by atoms with van der Waals surface area (Å²) in [5.41, 5.74) is 0. The number of carbonyl (C=O) groups is 1. The highest BCUT2D eigenvalue weighted by Gasteiger charge is 2.02. The first kappa shape index (κ1) is 13.0. The Morgan fingerprint density at radius 1 is 1.50 bits per heavy atom. The zero-order valence-electron chi connectivity index (χ0n) is 8.56. The van der Waals surface area contributed by atoms with Crippen LogP contribution in [0.4, 0.5) is 0 Å². The van der Waals surface area contributed by atoms with Crippen LogP contribution in [0, 0.1) is 0 Å². The van der Waals surface area contributed by atoms with Crippen molar-refractivity contribution >= 4 is 15.8 Å². The van der Waals surface area contributed by atoms with E-state index in [2.05, 4.69) is 4.74 Å². The topological polar surface area (TPSA) is 63.7 Å². The van der Waals surface area contributed by atoms with E-state index >= 15 is 0 Å². The van der Waals surface area contributed by atoms with Gasteiger partial charge in [0.2, 0.25) is 0 Å². The van der Waals surface area contributed by atoms with Gasteiger partial charge in [0.15, 0.2) is 0 Å². The zero-order valence-corrected chi connectivity index (χ0v) is 9.37. The molecule has 0 rings (SSSR count). The molecule has 6 heteroatoms. The maximum absolute atomic E-state index is 10.8. The van der Waals surface area contributed by atoms with Crippen LogP contribution >= 0.6 is 0 Å². The smallest absolute Gasteiger partial charge is 0.331 e. The predicted molar refractivity (Wildman–Crippen MR) is 53.5 cm³/mol. The predicted octanol–water partition coefficient (Wildman–Crippen LogP) is -0.350. The average Bonchev–Trinajstić information content (AvgIpc) is 2.09. The molecule has 0 heterocycles. The van der Waals surface area contributed by atoms with Gasteiger partial charge in [-0.15, -0.1) is 0 Å². The second kappa shape index (κ2) is 5.64. The Morgan fingerprint density at radius 2 is 2.07 bits per heavy atom. The number of sulfone groups is 1. The molecular formula is C8H15NO4S. The molecule has 0 amide bonds. The molecule has 0 N–H and O–H groups in total. The van der Waals surface area contributed by atoms with Crippen LogP contribution in [0.2, 0.25) is 0 Å². The molecule has 0 bridgehead atoms. The van der Waals surface area contributed by atoms with Gasteiger partial charge in [0, 0.05) is 32.1 Å². The Labute approximate surface area is 84.3 Å². The lowest BCUT2D eigenvalue weighted by Gasteiger charge is -2.11. The molecule has 0 aromatic rings. The fourth-order valence-electron chi connectivity index (χ4n) is 0.640. The summed E-state index contributed by atoms with van der Waals surface area (Å²) in [6, 6.07) is 0. The molecule has 0 radical (unpaired) electrons. The number of nitrogens with zero attached hydrogens (tertiary/aromatic N) is 1. The van der Waals surface area contributed by atoms with Crippen molar-refractivity contribution in [3.63, 3.8) is 0 Å². The molecule has 0 spiro atoms. The Hall–Kier alpha value is -1.04. The summed E-state index contributed by atoms with van der Waals surface area (Å²) in [7, 11) is 0.0110. The molecule has 14 heavy (non-hydrogen) atoms. The molecule has 0 aliphatic heterocycles. The molecule has 0 atom stereocenters. The number of carbonyl (C=O) groups excluding carboxylic acids is 1. The lowest BCUT2D eigenvalue weighted by Crippen LogP contribution is -2.20. The SMILES string of the molecule is COC(=O)C=CN(C)CCS(C)(=O)=O. The number of methoxy groups -OCH3 is 1. The average molecular weight is 221 g/mol. The summed E-state index contributed by atoms with van der Waals surface area (Å²) < 4.78 is 26.0. The second-order valence-electron chi connectivity index (χ2n) is 2.95. The summed E-state index contributed by atoms with van der Waals surface area (Å²) in [6.45, 7) is 0.353. The van der Waals surface area contributed by atoms with Crippen LogP contribution in [0.3, 0.4) is 0 Å². The molecule has 0 aromatic heterocycles. The maximum atomic E-state index is 10.8. The molecule has 5 nitrogen and oxygen atoms in total. The van der Waals surface area contributed by atoms with Crippen LogP contribution < -0.4 is 0 Å². The van der Waals surface area contributed by atoms with Crippen molar-refractivity contribution in [1.29, 1.82) is 0 Å². The van der Waals surface area contributed by atoms with Crippen LogP contribution in [0.25, 0.3) is 0 Å². The minimum Gasteiger partial charge on any atom is -0.466 e. The summed E-state index contributed by atoms with van der Waals surface area (Å²) in [6.07, 6.45) is 3.89.